The molecule has 1 aromatic rings. The number of aliphatic carboxylic acids is 1. The SMILES string of the molecule is NC(CCC(=O)N1CCC(OCc2ccccc2)C1)C(=O)O. The highest BCUT2D eigenvalue weighted by atomic mass is 16.5. The number of rotatable bonds is 7. The van der Waals surface area contributed by atoms with Gasteiger partial charge < -0.3 is 20.5 Å². The number of likely N-dealkylation sites (tertiary alicyclic amines) is 1. The summed E-state index contributed by atoms with van der Waals surface area (Å²) >= 11 is 0. The molecule has 0 aliphatic carbocycles. The zero-order valence-corrected chi connectivity index (χ0v) is 12.5. The van der Waals surface area contributed by atoms with E-state index in [0.717, 1.165) is 12.0 Å². The number of ether oxygens (including phenoxy) is 1. The number of carbonyl (C=O) groups excluding carboxylic acids is 1. The molecule has 2 rings (SSSR count). The molecule has 2 unspecified atom stereocenters. The fourth-order valence-electron chi connectivity index (χ4n) is 2.44. The van der Waals surface area contributed by atoms with Crippen molar-refractivity contribution < 1.29 is 19.4 Å². The zero-order valence-electron chi connectivity index (χ0n) is 12.5. The standard InChI is InChI=1S/C16H22N2O4/c17-14(16(20)21)6-7-15(19)18-9-8-13(10-18)22-11-12-4-2-1-3-5-12/h1-5,13-14H,6-11,17H2,(H,20,21). The Hall–Kier alpha value is -1.92. The fourth-order valence-corrected chi connectivity index (χ4v) is 2.44. The number of carboxylic acid groups (broad SMARTS) is 1. The lowest BCUT2D eigenvalue weighted by atomic mass is 10.1. The van der Waals surface area contributed by atoms with Crippen LogP contribution >= 0.6 is 0 Å². The Balaban J connectivity index is 1.70. The number of hydrogen-bond donors (Lipinski definition) is 2. The van der Waals surface area contributed by atoms with Crippen molar-refractivity contribution in [1.29, 1.82) is 0 Å². The summed E-state index contributed by atoms with van der Waals surface area (Å²) < 4.78 is 5.82. The van der Waals surface area contributed by atoms with Gasteiger partial charge in [-0.15, -0.1) is 0 Å². The summed E-state index contributed by atoms with van der Waals surface area (Å²) in [5.74, 6) is -1.12. The first-order valence-electron chi connectivity index (χ1n) is 7.48. The molecule has 0 saturated carbocycles. The number of benzene rings is 1. The maximum Gasteiger partial charge on any atom is 0.320 e. The Kier molecular flexibility index (Phi) is 5.91. The number of amides is 1. The van der Waals surface area contributed by atoms with Crippen LogP contribution < -0.4 is 5.73 Å². The van der Waals surface area contributed by atoms with Gasteiger partial charge >= 0.3 is 5.97 Å². The highest BCUT2D eigenvalue weighted by Crippen LogP contribution is 2.16. The monoisotopic (exact) mass is 306 g/mol. The summed E-state index contributed by atoms with van der Waals surface area (Å²) in [5.41, 5.74) is 6.52. The average molecular weight is 306 g/mol. The van der Waals surface area contributed by atoms with Gasteiger partial charge in [0.05, 0.1) is 12.7 Å². The molecule has 6 heteroatoms. The van der Waals surface area contributed by atoms with Gasteiger partial charge in [0.1, 0.15) is 6.04 Å². The lowest BCUT2D eigenvalue weighted by molar-refractivity contribution is -0.139. The molecule has 1 aliphatic rings. The Labute approximate surface area is 129 Å². The quantitative estimate of drug-likeness (QED) is 0.784. The van der Waals surface area contributed by atoms with Crippen molar-refractivity contribution in [1.82, 2.24) is 4.90 Å². The van der Waals surface area contributed by atoms with E-state index in [1.807, 2.05) is 30.3 Å². The van der Waals surface area contributed by atoms with E-state index in [-0.39, 0.29) is 24.9 Å². The molecule has 0 aromatic heterocycles. The molecule has 22 heavy (non-hydrogen) atoms. The molecule has 1 saturated heterocycles. The minimum atomic E-state index is -1.07. The summed E-state index contributed by atoms with van der Waals surface area (Å²) in [6, 6.07) is 8.93. The van der Waals surface area contributed by atoms with Crippen LogP contribution in [-0.4, -0.2) is 47.1 Å². The van der Waals surface area contributed by atoms with E-state index in [9.17, 15) is 9.59 Å². The normalized spacial score (nSPS) is 19.1. The van der Waals surface area contributed by atoms with Crippen LogP contribution in [0.2, 0.25) is 0 Å². The average Bonchev–Trinajstić information content (AvgIpc) is 3.00. The van der Waals surface area contributed by atoms with Gasteiger partial charge in [-0.05, 0) is 18.4 Å². The number of nitrogens with two attached hydrogens (primary N) is 1. The van der Waals surface area contributed by atoms with Gasteiger partial charge in [0.15, 0.2) is 0 Å². The minimum absolute atomic E-state index is 0.0392. The predicted molar refractivity (Wildman–Crippen MR) is 81.1 cm³/mol. The van der Waals surface area contributed by atoms with Crippen molar-refractivity contribution in [2.75, 3.05) is 13.1 Å². The Morgan fingerprint density at radius 1 is 1.36 bits per heavy atom. The first-order chi connectivity index (χ1) is 10.6. The van der Waals surface area contributed by atoms with Crippen molar-refractivity contribution in [3.63, 3.8) is 0 Å². The van der Waals surface area contributed by atoms with E-state index >= 15 is 0 Å². The highest BCUT2D eigenvalue weighted by molar-refractivity contribution is 5.78. The van der Waals surface area contributed by atoms with Gasteiger partial charge in [-0.25, -0.2) is 0 Å². The molecule has 1 heterocycles. The third-order valence-corrected chi connectivity index (χ3v) is 3.81. The predicted octanol–water partition coefficient (Wildman–Crippen LogP) is 0.996. The van der Waals surface area contributed by atoms with Gasteiger partial charge in [0.25, 0.3) is 0 Å². The first kappa shape index (κ1) is 16.5. The molecule has 120 valence electrons. The Morgan fingerprint density at radius 3 is 2.77 bits per heavy atom. The molecule has 3 N–H and O–H groups in total. The number of carbonyl (C=O) groups is 2. The summed E-state index contributed by atoms with van der Waals surface area (Å²) in [6.07, 6.45) is 1.18. The third-order valence-electron chi connectivity index (χ3n) is 3.81. The summed E-state index contributed by atoms with van der Waals surface area (Å²) in [6.45, 7) is 1.76. The van der Waals surface area contributed by atoms with E-state index < -0.39 is 12.0 Å². The van der Waals surface area contributed by atoms with Crippen LogP contribution in [-0.2, 0) is 20.9 Å². The summed E-state index contributed by atoms with van der Waals surface area (Å²) in [4.78, 5) is 24.4. The summed E-state index contributed by atoms with van der Waals surface area (Å²) in [5, 5.41) is 8.71. The van der Waals surface area contributed by atoms with Crippen LogP contribution in [0.15, 0.2) is 30.3 Å². The van der Waals surface area contributed by atoms with Gasteiger partial charge in [0, 0.05) is 19.5 Å². The van der Waals surface area contributed by atoms with Crippen molar-refractivity contribution in [3.8, 4) is 0 Å². The minimum Gasteiger partial charge on any atom is -0.480 e. The number of carboxylic acids is 1. The number of hydrogen-bond acceptors (Lipinski definition) is 4. The molecule has 2 atom stereocenters. The maximum atomic E-state index is 12.0. The van der Waals surface area contributed by atoms with Crippen LogP contribution in [0, 0.1) is 0 Å². The molecule has 1 aromatic carbocycles. The Bertz CT molecular complexity index is 506. The van der Waals surface area contributed by atoms with Crippen LogP contribution in [0.5, 0.6) is 0 Å². The maximum absolute atomic E-state index is 12.0. The molecule has 1 aliphatic heterocycles. The van der Waals surface area contributed by atoms with Crippen LogP contribution in [0.25, 0.3) is 0 Å². The molecule has 0 spiro atoms. The van der Waals surface area contributed by atoms with Crippen LogP contribution in [0.4, 0.5) is 0 Å². The molecule has 0 radical (unpaired) electrons. The van der Waals surface area contributed by atoms with Crippen molar-refractivity contribution in [3.05, 3.63) is 35.9 Å². The van der Waals surface area contributed by atoms with E-state index in [2.05, 4.69) is 0 Å². The first-order valence-corrected chi connectivity index (χ1v) is 7.48. The lowest BCUT2D eigenvalue weighted by Crippen LogP contribution is -2.34. The van der Waals surface area contributed by atoms with Gasteiger partial charge in [-0.3, -0.25) is 9.59 Å². The van der Waals surface area contributed by atoms with Crippen LogP contribution in [0.3, 0.4) is 0 Å². The van der Waals surface area contributed by atoms with Gasteiger partial charge in [-0.1, -0.05) is 30.3 Å². The van der Waals surface area contributed by atoms with Crippen LogP contribution in [0.1, 0.15) is 24.8 Å². The molecule has 1 fully saturated rings. The van der Waals surface area contributed by atoms with Gasteiger partial charge in [0.2, 0.25) is 5.91 Å². The largest absolute Gasteiger partial charge is 0.480 e. The lowest BCUT2D eigenvalue weighted by Gasteiger charge is -2.17. The molecule has 1 amide bonds. The topological polar surface area (TPSA) is 92.9 Å². The third kappa shape index (κ3) is 4.82. The summed E-state index contributed by atoms with van der Waals surface area (Å²) in [7, 11) is 0. The van der Waals surface area contributed by atoms with E-state index in [4.69, 9.17) is 15.6 Å². The van der Waals surface area contributed by atoms with E-state index in [0.29, 0.717) is 19.7 Å². The van der Waals surface area contributed by atoms with Gasteiger partial charge in [-0.2, -0.15) is 0 Å². The zero-order chi connectivity index (χ0) is 15.9. The molecule has 6 nitrogen and oxygen atoms in total. The van der Waals surface area contributed by atoms with Crippen molar-refractivity contribution >= 4 is 11.9 Å². The molecular weight excluding hydrogens is 284 g/mol. The van der Waals surface area contributed by atoms with Crippen molar-refractivity contribution in [2.45, 2.75) is 38.0 Å². The highest BCUT2D eigenvalue weighted by Gasteiger charge is 2.27. The molecular formula is C16H22N2O4. The second-order valence-corrected chi connectivity index (χ2v) is 5.53. The van der Waals surface area contributed by atoms with Crippen molar-refractivity contribution in [2.24, 2.45) is 5.73 Å². The van der Waals surface area contributed by atoms with E-state index in [1.165, 1.54) is 0 Å². The smallest absolute Gasteiger partial charge is 0.320 e. The van der Waals surface area contributed by atoms with E-state index in [1.54, 1.807) is 4.90 Å². The molecule has 0 bridgehead atoms. The second-order valence-electron chi connectivity index (χ2n) is 5.53. The Morgan fingerprint density at radius 2 is 2.09 bits per heavy atom. The number of nitrogens with zero attached hydrogens (tertiary/aromatic N) is 1. The fraction of sp³-hybridized carbons (Fsp3) is 0.500. The second kappa shape index (κ2) is 7.91.